The van der Waals surface area contributed by atoms with E-state index in [4.69, 9.17) is 4.42 Å². The average molecular weight is 468 g/mol. The zero-order valence-electron chi connectivity index (χ0n) is 19.9. The number of benzene rings is 3. The second kappa shape index (κ2) is 8.43. The predicted molar refractivity (Wildman–Crippen MR) is 137 cm³/mol. The zero-order chi connectivity index (χ0) is 24.9. The lowest BCUT2D eigenvalue weighted by atomic mass is 10.00. The molecule has 5 rings (SSSR count). The Hall–Kier alpha value is -4.39. The molecule has 2 heterocycles. The van der Waals surface area contributed by atoms with Crippen LogP contribution in [0.4, 0.5) is 5.69 Å². The topological polar surface area (TPSA) is 97.4 Å². The molecule has 0 bridgehead atoms. The van der Waals surface area contributed by atoms with Gasteiger partial charge in [0.1, 0.15) is 17.2 Å². The van der Waals surface area contributed by atoms with Crippen LogP contribution in [0.3, 0.4) is 0 Å². The van der Waals surface area contributed by atoms with Gasteiger partial charge in [0.05, 0.1) is 28.0 Å². The van der Waals surface area contributed by atoms with E-state index in [0.717, 1.165) is 33.5 Å². The maximum atomic E-state index is 13.2. The van der Waals surface area contributed by atoms with E-state index in [0.29, 0.717) is 22.4 Å². The number of fused-ring (bicyclic) bond motifs is 2. The molecule has 2 N–H and O–H groups in total. The summed E-state index contributed by atoms with van der Waals surface area (Å²) in [4.78, 5) is 29.4. The van der Waals surface area contributed by atoms with Crippen LogP contribution in [0.2, 0.25) is 0 Å². The SMILES string of the molecule is Cc1cc(C(C)Nc2ccccc2C(=O)O)c2oc(-c3ccc4nc(C)n(C)c4c3)cc(=O)c2c1. The van der Waals surface area contributed by atoms with E-state index in [2.05, 4.69) is 10.3 Å². The third kappa shape index (κ3) is 3.95. The fourth-order valence-corrected chi connectivity index (χ4v) is 4.47. The quantitative estimate of drug-likeness (QED) is 0.337. The van der Waals surface area contributed by atoms with Gasteiger partial charge in [-0.2, -0.15) is 0 Å². The third-order valence-corrected chi connectivity index (χ3v) is 6.39. The Bertz CT molecular complexity index is 1680. The van der Waals surface area contributed by atoms with Crippen LogP contribution in [0.25, 0.3) is 33.3 Å². The highest BCUT2D eigenvalue weighted by molar-refractivity contribution is 5.94. The summed E-state index contributed by atoms with van der Waals surface area (Å²) in [7, 11) is 1.95. The molecule has 0 aliphatic carbocycles. The van der Waals surface area contributed by atoms with Crippen molar-refractivity contribution in [2.75, 3.05) is 5.32 Å². The van der Waals surface area contributed by atoms with Crippen molar-refractivity contribution < 1.29 is 14.3 Å². The molecule has 1 unspecified atom stereocenters. The molecule has 176 valence electrons. The van der Waals surface area contributed by atoms with Gasteiger partial charge in [-0.3, -0.25) is 4.79 Å². The minimum atomic E-state index is -1.01. The molecular formula is C28H25N3O4. The van der Waals surface area contributed by atoms with Gasteiger partial charge in [-0.1, -0.05) is 18.2 Å². The maximum Gasteiger partial charge on any atom is 0.337 e. The van der Waals surface area contributed by atoms with Crippen molar-refractivity contribution in [3.63, 3.8) is 0 Å². The number of hydrogen-bond donors (Lipinski definition) is 2. The first-order valence-corrected chi connectivity index (χ1v) is 11.3. The summed E-state index contributed by atoms with van der Waals surface area (Å²) >= 11 is 0. The van der Waals surface area contributed by atoms with Crippen LogP contribution in [0.5, 0.6) is 0 Å². The molecule has 7 heteroatoms. The van der Waals surface area contributed by atoms with Crippen LogP contribution in [0, 0.1) is 13.8 Å². The average Bonchev–Trinajstić information content (AvgIpc) is 3.12. The van der Waals surface area contributed by atoms with Crippen molar-refractivity contribution in [1.29, 1.82) is 0 Å². The largest absolute Gasteiger partial charge is 0.478 e. The summed E-state index contributed by atoms with van der Waals surface area (Å²) < 4.78 is 8.36. The van der Waals surface area contributed by atoms with Crippen LogP contribution in [0.1, 0.15) is 40.3 Å². The number of aromatic nitrogens is 2. The van der Waals surface area contributed by atoms with Crippen molar-refractivity contribution in [1.82, 2.24) is 9.55 Å². The van der Waals surface area contributed by atoms with Crippen LogP contribution >= 0.6 is 0 Å². The summed E-state index contributed by atoms with van der Waals surface area (Å²) in [5.74, 6) is 0.354. The van der Waals surface area contributed by atoms with Crippen molar-refractivity contribution in [3.8, 4) is 11.3 Å². The van der Waals surface area contributed by atoms with Crippen molar-refractivity contribution in [2.45, 2.75) is 26.8 Å². The molecule has 0 fully saturated rings. The first-order valence-electron chi connectivity index (χ1n) is 11.3. The van der Waals surface area contributed by atoms with Gasteiger partial charge in [-0.25, -0.2) is 9.78 Å². The summed E-state index contributed by atoms with van der Waals surface area (Å²) in [6, 6.07) is 17.5. The Balaban J connectivity index is 1.65. The number of aryl methyl sites for hydroxylation is 3. The van der Waals surface area contributed by atoms with E-state index < -0.39 is 5.97 Å². The molecule has 1 atom stereocenters. The molecular weight excluding hydrogens is 442 g/mol. The highest BCUT2D eigenvalue weighted by Gasteiger charge is 2.19. The molecule has 0 saturated carbocycles. The smallest absolute Gasteiger partial charge is 0.337 e. The van der Waals surface area contributed by atoms with Crippen LogP contribution in [-0.4, -0.2) is 20.6 Å². The predicted octanol–water partition coefficient (Wildman–Crippen LogP) is 5.83. The number of aromatic carboxylic acids is 1. The number of anilines is 1. The molecule has 0 spiro atoms. The van der Waals surface area contributed by atoms with Gasteiger partial charge in [-0.15, -0.1) is 0 Å². The fraction of sp³-hybridized carbons (Fsp3) is 0.179. The normalized spacial score (nSPS) is 12.2. The zero-order valence-corrected chi connectivity index (χ0v) is 19.9. The highest BCUT2D eigenvalue weighted by Crippen LogP contribution is 2.32. The summed E-state index contributed by atoms with van der Waals surface area (Å²) in [5.41, 5.74) is 5.32. The Morgan fingerprint density at radius 1 is 1.09 bits per heavy atom. The van der Waals surface area contributed by atoms with E-state index in [-0.39, 0.29) is 17.0 Å². The van der Waals surface area contributed by atoms with Crippen molar-refractivity contribution in [3.05, 3.63) is 93.4 Å². The molecule has 35 heavy (non-hydrogen) atoms. The van der Waals surface area contributed by atoms with Gasteiger partial charge in [-0.05, 0) is 62.7 Å². The van der Waals surface area contributed by atoms with Gasteiger partial charge in [0.2, 0.25) is 0 Å². The molecule has 5 aromatic rings. The van der Waals surface area contributed by atoms with Gasteiger partial charge >= 0.3 is 5.97 Å². The summed E-state index contributed by atoms with van der Waals surface area (Å²) in [6.07, 6.45) is 0. The van der Waals surface area contributed by atoms with Gasteiger partial charge in [0.25, 0.3) is 0 Å². The Labute approximate surface area is 201 Å². The second-order valence-electron chi connectivity index (χ2n) is 8.84. The van der Waals surface area contributed by atoms with E-state index in [1.54, 1.807) is 24.3 Å². The Morgan fingerprint density at radius 2 is 1.86 bits per heavy atom. The molecule has 2 aromatic heterocycles. The van der Waals surface area contributed by atoms with Crippen LogP contribution < -0.4 is 10.7 Å². The summed E-state index contributed by atoms with van der Waals surface area (Å²) in [6.45, 7) is 5.79. The lowest BCUT2D eigenvalue weighted by Gasteiger charge is -2.19. The number of para-hydroxylation sites is 1. The molecule has 0 aliphatic heterocycles. The maximum absolute atomic E-state index is 13.2. The summed E-state index contributed by atoms with van der Waals surface area (Å²) in [5, 5.41) is 13.3. The van der Waals surface area contributed by atoms with Crippen molar-refractivity contribution >= 4 is 33.7 Å². The number of rotatable bonds is 5. The van der Waals surface area contributed by atoms with E-state index in [1.807, 2.05) is 62.7 Å². The Kier molecular flexibility index (Phi) is 5.40. The molecule has 0 amide bonds. The fourth-order valence-electron chi connectivity index (χ4n) is 4.47. The molecule has 3 aromatic carbocycles. The first-order chi connectivity index (χ1) is 16.7. The second-order valence-corrected chi connectivity index (χ2v) is 8.84. The van der Waals surface area contributed by atoms with E-state index in [1.165, 1.54) is 6.07 Å². The standard InChI is InChI=1S/C28H25N3O4/c1-15-11-20(16(2)29-22-8-6-5-7-19(22)28(33)34)27-21(12-15)25(32)14-26(35-27)18-9-10-23-24(13-18)31(4)17(3)30-23/h5-14,16,29H,1-4H3,(H,33,34). The minimum Gasteiger partial charge on any atom is -0.478 e. The molecule has 0 radical (unpaired) electrons. The van der Waals surface area contributed by atoms with E-state index >= 15 is 0 Å². The number of carbonyl (C=O) groups is 1. The Morgan fingerprint density at radius 3 is 2.63 bits per heavy atom. The van der Waals surface area contributed by atoms with Crippen molar-refractivity contribution in [2.24, 2.45) is 7.05 Å². The molecule has 7 nitrogen and oxygen atoms in total. The van der Waals surface area contributed by atoms with Gasteiger partial charge < -0.3 is 19.4 Å². The van der Waals surface area contributed by atoms with E-state index in [9.17, 15) is 14.7 Å². The number of hydrogen-bond acceptors (Lipinski definition) is 5. The lowest BCUT2D eigenvalue weighted by Crippen LogP contribution is -2.12. The number of nitrogens with zero attached hydrogens (tertiary/aromatic N) is 2. The minimum absolute atomic E-state index is 0.134. The van der Waals surface area contributed by atoms with Crippen LogP contribution in [-0.2, 0) is 7.05 Å². The first kappa shape index (κ1) is 22.4. The number of nitrogens with one attached hydrogen (secondary N) is 1. The number of carboxylic acid groups (broad SMARTS) is 1. The highest BCUT2D eigenvalue weighted by atomic mass is 16.4. The van der Waals surface area contributed by atoms with Gasteiger partial charge in [0.15, 0.2) is 5.43 Å². The van der Waals surface area contributed by atoms with Crippen LogP contribution in [0.15, 0.2) is 69.9 Å². The third-order valence-electron chi connectivity index (χ3n) is 6.39. The monoisotopic (exact) mass is 467 g/mol. The molecule has 0 saturated heterocycles. The number of carboxylic acids is 1. The number of imidazole rings is 1. The lowest BCUT2D eigenvalue weighted by molar-refractivity contribution is 0.0698. The molecule has 0 aliphatic rings. The van der Waals surface area contributed by atoms with Gasteiger partial charge in [0, 0.05) is 29.9 Å².